The highest BCUT2D eigenvalue weighted by Gasteiger charge is 2.12. The number of phenolic OH excluding ortho intramolecular Hbond substituents is 1. The maximum Gasteiger partial charge on any atom is 0.303 e. The van der Waals surface area contributed by atoms with E-state index in [1.807, 2.05) is 6.92 Å². The molecule has 0 unspecified atom stereocenters. The summed E-state index contributed by atoms with van der Waals surface area (Å²) in [4.78, 5) is 10.5. The lowest BCUT2D eigenvalue weighted by Crippen LogP contribution is -2.03. The maximum absolute atomic E-state index is 13.6. The minimum atomic E-state index is -0.907. The molecule has 0 radical (unpaired) electrons. The van der Waals surface area contributed by atoms with Crippen molar-refractivity contribution in [2.75, 3.05) is 0 Å². The molecule has 1 aromatic rings. The van der Waals surface area contributed by atoms with Gasteiger partial charge in [0.2, 0.25) is 0 Å². The van der Waals surface area contributed by atoms with Crippen LogP contribution in [0.25, 0.3) is 0 Å². The summed E-state index contributed by atoms with van der Waals surface area (Å²) in [7, 11) is 0. The summed E-state index contributed by atoms with van der Waals surface area (Å²) >= 11 is 0. The molecule has 0 aliphatic rings. The Kier molecular flexibility index (Phi) is 4.28. The smallest absolute Gasteiger partial charge is 0.303 e. The number of aliphatic carboxylic acids is 1. The number of carboxylic acid groups (broad SMARTS) is 1. The second-order valence-corrected chi connectivity index (χ2v) is 3.68. The number of phenols is 1. The third-order valence-electron chi connectivity index (χ3n) is 2.43. The van der Waals surface area contributed by atoms with Gasteiger partial charge >= 0.3 is 5.97 Å². The summed E-state index contributed by atoms with van der Waals surface area (Å²) in [6, 6.07) is 2.86. The third kappa shape index (κ3) is 2.95. The summed E-state index contributed by atoms with van der Waals surface area (Å²) in [5, 5.41) is 17.8. The van der Waals surface area contributed by atoms with Gasteiger partial charge in [0.15, 0.2) is 11.6 Å². The minimum absolute atomic E-state index is 0.0269. The molecule has 0 amide bonds. The van der Waals surface area contributed by atoms with E-state index in [4.69, 9.17) is 5.11 Å². The second-order valence-electron chi connectivity index (χ2n) is 3.68. The van der Waals surface area contributed by atoms with Crippen molar-refractivity contribution in [3.63, 3.8) is 0 Å². The first kappa shape index (κ1) is 12.5. The number of aryl methyl sites for hydroxylation is 1. The van der Waals surface area contributed by atoms with Gasteiger partial charge in [-0.05, 0) is 30.0 Å². The topological polar surface area (TPSA) is 57.5 Å². The Morgan fingerprint density at radius 1 is 1.38 bits per heavy atom. The van der Waals surface area contributed by atoms with Crippen molar-refractivity contribution in [2.24, 2.45) is 0 Å². The zero-order chi connectivity index (χ0) is 12.1. The number of carbonyl (C=O) groups is 1. The van der Waals surface area contributed by atoms with E-state index in [1.165, 1.54) is 6.07 Å². The van der Waals surface area contributed by atoms with Crippen LogP contribution in [0.3, 0.4) is 0 Å². The van der Waals surface area contributed by atoms with Crippen LogP contribution in [0, 0.1) is 5.82 Å². The highest BCUT2D eigenvalue weighted by Crippen LogP contribution is 2.24. The Hall–Kier alpha value is -1.58. The first-order valence-corrected chi connectivity index (χ1v) is 5.27. The lowest BCUT2D eigenvalue weighted by molar-refractivity contribution is -0.136. The number of hydrogen-bond donors (Lipinski definition) is 2. The van der Waals surface area contributed by atoms with E-state index in [9.17, 15) is 14.3 Å². The van der Waals surface area contributed by atoms with Crippen molar-refractivity contribution in [2.45, 2.75) is 32.6 Å². The fraction of sp³-hybridized carbons (Fsp3) is 0.417. The Bertz CT molecular complexity index is 388. The van der Waals surface area contributed by atoms with Gasteiger partial charge in [-0.15, -0.1) is 0 Å². The molecule has 0 fully saturated rings. The molecule has 4 heteroatoms. The quantitative estimate of drug-likeness (QED) is 0.811. The summed E-state index contributed by atoms with van der Waals surface area (Å²) in [5.41, 5.74) is 1.10. The van der Waals surface area contributed by atoms with Gasteiger partial charge < -0.3 is 10.2 Å². The molecular weight excluding hydrogens is 211 g/mol. The molecular formula is C12H15FO3. The molecule has 0 bridgehead atoms. The lowest BCUT2D eigenvalue weighted by atomic mass is 9.98. The number of aromatic hydroxyl groups is 1. The van der Waals surface area contributed by atoms with Gasteiger partial charge in [0.1, 0.15) is 0 Å². The predicted molar refractivity (Wildman–Crippen MR) is 58.0 cm³/mol. The minimum Gasteiger partial charge on any atom is -0.505 e. The van der Waals surface area contributed by atoms with Crippen LogP contribution in [-0.4, -0.2) is 16.2 Å². The van der Waals surface area contributed by atoms with Crippen molar-refractivity contribution >= 4 is 5.97 Å². The Morgan fingerprint density at radius 3 is 2.62 bits per heavy atom. The predicted octanol–water partition coefficient (Wildman–Crippen LogP) is 2.50. The van der Waals surface area contributed by atoms with Crippen LogP contribution < -0.4 is 0 Å². The molecule has 0 heterocycles. The van der Waals surface area contributed by atoms with Crippen molar-refractivity contribution in [3.05, 3.63) is 29.1 Å². The normalized spacial score (nSPS) is 10.4. The van der Waals surface area contributed by atoms with Gasteiger partial charge in [-0.2, -0.15) is 0 Å². The molecule has 3 nitrogen and oxygen atoms in total. The van der Waals surface area contributed by atoms with Gasteiger partial charge in [-0.25, -0.2) is 4.39 Å². The molecule has 1 rings (SSSR count). The van der Waals surface area contributed by atoms with Gasteiger partial charge in [-0.3, -0.25) is 4.79 Å². The molecule has 0 aliphatic carbocycles. The van der Waals surface area contributed by atoms with E-state index < -0.39 is 11.8 Å². The fourth-order valence-electron chi connectivity index (χ4n) is 1.64. The first-order chi connectivity index (χ1) is 7.56. The highest BCUT2D eigenvalue weighted by atomic mass is 19.1. The van der Waals surface area contributed by atoms with Crippen LogP contribution in [-0.2, 0) is 17.6 Å². The number of hydrogen-bond acceptors (Lipinski definition) is 2. The van der Waals surface area contributed by atoms with Crippen molar-refractivity contribution in [3.8, 4) is 5.75 Å². The van der Waals surface area contributed by atoms with Crippen LogP contribution in [0.5, 0.6) is 5.75 Å². The van der Waals surface area contributed by atoms with Crippen molar-refractivity contribution < 1.29 is 19.4 Å². The number of benzene rings is 1. The van der Waals surface area contributed by atoms with E-state index in [0.29, 0.717) is 24.0 Å². The van der Waals surface area contributed by atoms with Crippen LogP contribution in [0.4, 0.5) is 4.39 Å². The van der Waals surface area contributed by atoms with E-state index in [-0.39, 0.29) is 12.2 Å². The van der Waals surface area contributed by atoms with Gasteiger partial charge in [0.25, 0.3) is 0 Å². The van der Waals surface area contributed by atoms with E-state index in [0.717, 1.165) is 6.42 Å². The van der Waals surface area contributed by atoms with Gasteiger partial charge in [-0.1, -0.05) is 19.4 Å². The fourth-order valence-corrected chi connectivity index (χ4v) is 1.64. The summed E-state index contributed by atoms with van der Waals surface area (Å²) in [6.45, 7) is 1.91. The van der Waals surface area contributed by atoms with Crippen LogP contribution >= 0.6 is 0 Å². The van der Waals surface area contributed by atoms with Crippen LogP contribution in [0.15, 0.2) is 12.1 Å². The molecule has 0 atom stereocenters. The maximum atomic E-state index is 13.6. The summed E-state index contributed by atoms with van der Waals surface area (Å²) < 4.78 is 13.6. The van der Waals surface area contributed by atoms with Crippen LogP contribution in [0.1, 0.15) is 30.9 Å². The monoisotopic (exact) mass is 226 g/mol. The number of halogens is 1. The average molecular weight is 226 g/mol. The summed E-state index contributed by atoms with van der Waals surface area (Å²) in [5.74, 6) is -1.90. The molecule has 16 heavy (non-hydrogen) atoms. The van der Waals surface area contributed by atoms with E-state index in [1.54, 1.807) is 6.07 Å². The third-order valence-corrected chi connectivity index (χ3v) is 2.43. The van der Waals surface area contributed by atoms with E-state index >= 15 is 0 Å². The average Bonchev–Trinajstić information content (AvgIpc) is 2.24. The largest absolute Gasteiger partial charge is 0.505 e. The molecule has 0 saturated heterocycles. The first-order valence-electron chi connectivity index (χ1n) is 5.27. The molecule has 88 valence electrons. The number of rotatable bonds is 5. The second kappa shape index (κ2) is 5.49. The van der Waals surface area contributed by atoms with Gasteiger partial charge in [0, 0.05) is 6.42 Å². The molecule has 0 spiro atoms. The molecule has 0 saturated carbocycles. The SMILES string of the molecule is CCCc1c(CCC(=O)O)ccc(O)c1F. The zero-order valence-electron chi connectivity index (χ0n) is 9.16. The Morgan fingerprint density at radius 2 is 2.06 bits per heavy atom. The van der Waals surface area contributed by atoms with Crippen LogP contribution in [0.2, 0.25) is 0 Å². The Balaban J connectivity index is 2.98. The highest BCUT2D eigenvalue weighted by molar-refractivity contribution is 5.67. The number of carboxylic acids is 1. The van der Waals surface area contributed by atoms with Crippen molar-refractivity contribution in [1.82, 2.24) is 0 Å². The molecule has 1 aromatic carbocycles. The summed E-state index contributed by atoms with van der Waals surface area (Å²) in [6.07, 6.45) is 1.53. The van der Waals surface area contributed by atoms with Crippen molar-refractivity contribution in [1.29, 1.82) is 0 Å². The lowest BCUT2D eigenvalue weighted by Gasteiger charge is -2.10. The molecule has 2 N–H and O–H groups in total. The Labute approximate surface area is 93.5 Å². The standard InChI is InChI=1S/C12H15FO3/c1-2-3-9-8(5-7-11(15)16)4-6-10(14)12(9)13/h4,6,14H,2-3,5,7H2,1H3,(H,15,16). The molecule has 0 aromatic heterocycles. The molecule has 0 aliphatic heterocycles. The van der Waals surface area contributed by atoms with Gasteiger partial charge in [0.05, 0.1) is 0 Å². The zero-order valence-corrected chi connectivity index (χ0v) is 9.16. The van der Waals surface area contributed by atoms with E-state index in [2.05, 4.69) is 0 Å².